The van der Waals surface area contributed by atoms with E-state index in [1.165, 1.54) is 12.1 Å². The van der Waals surface area contributed by atoms with Crippen molar-refractivity contribution in [3.8, 4) is 11.3 Å². The van der Waals surface area contributed by atoms with Crippen molar-refractivity contribution in [2.45, 2.75) is 19.4 Å². The van der Waals surface area contributed by atoms with E-state index in [4.69, 9.17) is 5.73 Å². The lowest BCUT2D eigenvalue weighted by Gasteiger charge is -2.16. The van der Waals surface area contributed by atoms with E-state index in [9.17, 15) is 4.39 Å². The molecule has 0 radical (unpaired) electrons. The Morgan fingerprint density at radius 3 is 2.65 bits per heavy atom. The number of aromatic nitrogens is 2. The summed E-state index contributed by atoms with van der Waals surface area (Å²) in [7, 11) is 0. The maximum absolute atomic E-state index is 13.1. The van der Waals surface area contributed by atoms with Crippen LogP contribution in [0, 0.1) is 5.82 Å². The molecule has 0 aliphatic carbocycles. The van der Waals surface area contributed by atoms with Crippen LogP contribution in [0.4, 0.5) is 4.39 Å². The van der Waals surface area contributed by atoms with Crippen molar-refractivity contribution in [3.05, 3.63) is 48.2 Å². The number of rotatable bonds is 2. The molecule has 0 amide bonds. The van der Waals surface area contributed by atoms with E-state index in [0.29, 0.717) is 11.5 Å². The zero-order valence-electron chi connectivity index (χ0n) is 9.81. The normalized spacial score (nSPS) is 11.5. The van der Waals surface area contributed by atoms with Gasteiger partial charge in [-0.1, -0.05) is 12.1 Å². The van der Waals surface area contributed by atoms with Crippen LogP contribution in [0.25, 0.3) is 11.3 Å². The van der Waals surface area contributed by atoms with Gasteiger partial charge in [0, 0.05) is 11.8 Å². The minimum atomic E-state index is -0.608. The standard InChI is InChI=1S/C13H14FN3/c1-13(2,15)12-16-7-6-11(17-12)9-4-3-5-10(14)8-9/h3-8H,15H2,1-2H3. The predicted octanol–water partition coefficient (Wildman–Crippen LogP) is 2.48. The Kier molecular flexibility index (Phi) is 2.90. The number of hydrogen-bond acceptors (Lipinski definition) is 3. The van der Waals surface area contributed by atoms with E-state index in [-0.39, 0.29) is 5.82 Å². The van der Waals surface area contributed by atoms with Crippen LogP contribution in [-0.2, 0) is 5.54 Å². The predicted molar refractivity (Wildman–Crippen MR) is 64.6 cm³/mol. The van der Waals surface area contributed by atoms with Gasteiger partial charge in [0.25, 0.3) is 0 Å². The second kappa shape index (κ2) is 4.22. The van der Waals surface area contributed by atoms with Crippen molar-refractivity contribution in [2.24, 2.45) is 5.73 Å². The van der Waals surface area contributed by atoms with Gasteiger partial charge < -0.3 is 5.73 Å². The Labute approximate surface area is 99.5 Å². The van der Waals surface area contributed by atoms with E-state index in [1.54, 1.807) is 24.4 Å². The highest BCUT2D eigenvalue weighted by Crippen LogP contribution is 2.20. The molecule has 0 unspecified atom stereocenters. The first-order valence-corrected chi connectivity index (χ1v) is 5.35. The monoisotopic (exact) mass is 231 g/mol. The third-order valence-corrected chi connectivity index (χ3v) is 2.35. The molecule has 0 aliphatic rings. The number of hydrogen-bond donors (Lipinski definition) is 1. The molecule has 0 spiro atoms. The molecular formula is C13H14FN3. The first-order chi connectivity index (χ1) is 7.97. The largest absolute Gasteiger partial charge is 0.319 e. The van der Waals surface area contributed by atoms with Crippen molar-refractivity contribution in [1.29, 1.82) is 0 Å². The van der Waals surface area contributed by atoms with E-state index in [2.05, 4.69) is 9.97 Å². The molecule has 4 heteroatoms. The van der Waals surface area contributed by atoms with E-state index in [1.807, 2.05) is 13.8 Å². The summed E-state index contributed by atoms with van der Waals surface area (Å²) >= 11 is 0. The SMILES string of the molecule is CC(C)(N)c1nccc(-c2cccc(F)c2)n1. The Bertz CT molecular complexity index is 532. The lowest BCUT2D eigenvalue weighted by atomic mass is 10.1. The van der Waals surface area contributed by atoms with Crippen molar-refractivity contribution in [2.75, 3.05) is 0 Å². The topological polar surface area (TPSA) is 51.8 Å². The summed E-state index contributed by atoms with van der Waals surface area (Å²) in [4.78, 5) is 8.48. The van der Waals surface area contributed by atoms with Crippen molar-refractivity contribution in [3.63, 3.8) is 0 Å². The fraction of sp³-hybridized carbons (Fsp3) is 0.231. The van der Waals surface area contributed by atoms with Crippen LogP contribution < -0.4 is 5.73 Å². The average molecular weight is 231 g/mol. The smallest absolute Gasteiger partial charge is 0.148 e. The number of halogens is 1. The summed E-state index contributed by atoms with van der Waals surface area (Å²) in [5.74, 6) is 0.258. The van der Waals surface area contributed by atoms with Gasteiger partial charge >= 0.3 is 0 Å². The molecule has 1 aromatic carbocycles. The lowest BCUT2D eigenvalue weighted by Crippen LogP contribution is -2.31. The molecule has 1 aromatic heterocycles. The Balaban J connectivity index is 2.47. The van der Waals surface area contributed by atoms with Crippen LogP contribution in [0.1, 0.15) is 19.7 Å². The molecule has 3 nitrogen and oxygen atoms in total. The number of nitrogens with two attached hydrogens (primary N) is 1. The first-order valence-electron chi connectivity index (χ1n) is 5.35. The zero-order chi connectivity index (χ0) is 12.5. The summed E-state index contributed by atoms with van der Waals surface area (Å²) in [6, 6.07) is 8.04. The molecule has 2 aromatic rings. The van der Waals surface area contributed by atoms with E-state index >= 15 is 0 Å². The lowest BCUT2D eigenvalue weighted by molar-refractivity contribution is 0.514. The third-order valence-electron chi connectivity index (χ3n) is 2.35. The fourth-order valence-corrected chi connectivity index (χ4v) is 1.48. The fourth-order valence-electron chi connectivity index (χ4n) is 1.48. The van der Waals surface area contributed by atoms with Crippen LogP contribution in [0.15, 0.2) is 36.5 Å². The summed E-state index contributed by atoms with van der Waals surface area (Å²) in [6.07, 6.45) is 1.64. The molecular weight excluding hydrogens is 217 g/mol. The second-order valence-electron chi connectivity index (χ2n) is 4.50. The first kappa shape index (κ1) is 11.7. The third kappa shape index (κ3) is 2.65. The van der Waals surface area contributed by atoms with Crippen LogP contribution >= 0.6 is 0 Å². The maximum Gasteiger partial charge on any atom is 0.148 e. The molecule has 88 valence electrons. The van der Waals surface area contributed by atoms with Gasteiger partial charge in [0.15, 0.2) is 0 Å². The van der Waals surface area contributed by atoms with Crippen molar-refractivity contribution in [1.82, 2.24) is 9.97 Å². The highest BCUT2D eigenvalue weighted by atomic mass is 19.1. The quantitative estimate of drug-likeness (QED) is 0.863. The summed E-state index contributed by atoms with van der Waals surface area (Å²) in [6.45, 7) is 3.66. The van der Waals surface area contributed by atoms with E-state index in [0.717, 1.165) is 5.56 Å². The Hall–Kier alpha value is -1.81. The van der Waals surface area contributed by atoms with Gasteiger partial charge in [-0.05, 0) is 32.0 Å². The molecule has 0 fully saturated rings. The molecule has 2 N–H and O–H groups in total. The summed E-state index contributed by atoms with van der Waals surface area (Å²) in [5.41, 5.74) is 6.72. The molecule has 1 heterocycles. The zero-order valence-corrected chi connectivity index (χ0v) is 9.81. The minimum absolute atomic E-state index is 0.283. The molecule has 0 saturated heterocycles. The molecule has 17 heavy (non-hydrogen) atoms. The molecule has 0 bridgehead atoms. The van der Waals surface area contributed by atoms with Crippen LogP contribution in [-0.4, -0.2) is 9.97 Å². The molecule has 2 rings (SSSR count). The van der Waals surface area contributed by atoms with Gasteiger partial charge in [-0.3, -0.25) is 0 Å². The summed E-state index contributed by atoms with van der Waals surface area (Å²) < 4.78 is 13.1. The second-order valence-corrected chi connectivity index (χ2v) is 4.50. The van der Waals surface area contributed by atoms with Gasteiger partial charge in [0.05, 0.1) is 11.2 Å². The van der Waals surface area contributed by atoms with Gasteiger partial charge in [-0.2, -0.15) is 0 Å². The Morgan fingerprint density at radius 2 is 2.00 bits per heavy atom. The van der Waals surface area contributed by atoms with Crippen molar-refractivity contribution >= 4 is 0 Å². The highest BCUT2D eigenvalue weighted by molar-refractivity contribution is 5.58. The average Bonchev–Trinajstić information content (AvgIpc) is 2.28. The number of benzene rings is 1. The van der Waals surface area contributed by atoms with Gasteiger partial charge in [-0.15, -0.1) is 0 Å². The maximum atomic E-state index is 13.1. The summed E-state index contributed by atoms with van der Waals surface area (Å²) in [5, 5.41) is 0. The van der Waals surface area contributed by atoms with Crippen molar-refractivity contribution < 1.29 is 4.39 Å². The van der Waals surface area contributed by atoms with Gasteiger partial charge in [0.1, 0.15) is 11.6 Å². The number of nitrogens with zero attached hydrogens (tertiary/aromatic N) is 2. The molecule has 0 aliphatic heterocycles. The highest BCUT2D eigenvalue weighted by Gasteiger charge is 2.18. The molecule has 0 atom stereocenters. The Morgan fingerprint density at radius 1 is 1.24 bits per heavy atom. The van der Waals surface area contributed by atoms with Crippen LogP contribution in [0.2, 0.25) is 0 Å². The van der Waals surface area contributed by atoms with Crippen LogP contribution in [0.5, 0.6) is 0 Å². The minimum Gasteiger partial charge on any atom is -0.319 e. The molecule has 0 saturated carbocycles. The van der Waals surface area contributed by atoms with E-state index < -0.39 is 5.54 Å². The van der Waals surface area contributed by atoms with Gasteiger partial charge in [0.2, 0.25) is 0 Å². The van der Waals surface area contributed by atoms with Crippen LogP contribution in [0.3, 0.4) is 0 Å². The van der Waals surface area contributed by atoms with Gasteiger partial charge in [-0.25, -0.2) is 14.4 Å².